The van der Waals surface area contributed by atoms with E-state index < -0.39 is 0 Å². The van der Waals surface area contributed by atoms with Gasteiger partial charge in [-0.05, 0) is 68.1 Å². The second-order valence-corrected chi connectivity index (χ2v) is 7.01. The molecule has 2 fully saturated rings. The molecular weight excluding hydrogens is 280 g/mol. The zero-order valence-corrected chi connectivity index (χ0v) is 15.5. The Hall–Kier alpha value is -0.980. The van der Waals surface area contributed by atoms with Gasteiger partial charge in [0.25, 0.3) is 0 Å². The molecule has 1 aromatic rings. The third kappa shape index (κ3) is 5.26. The van der Waals surface area contributed by atoms with Gasteiger partial charge in [-0.15, -0.1) is 0 Å². The molecule has 1 heteroatoms. The van der Waals surface area contributed by atoms with Crippen LogP contribution >= 0.6 is 0 Å². The highest BCUT2D eigenvalue weighted by atomic mass is 16.5. The third-order valence-electron chi connectivity index (χ3n) is 5.75. The van der Waals surface area contributed by atoms with E-state index in [9.17, 15) is 0 Å². The smallest absolute Gasteiger partial charge is 0.119 e. The van der Waals surface area contributed by atoms with E-state index in [1.165, 1.54) is 63.4 Å². The van der Waals surface area contributed by atoms with Gasteiger partial charge in [0.2, 0.25) is 0 Å². The van der Waals surface area contributed by atoms with Crippen LogP contribution in [0.4, 0.5) is 0 Å². The van der Waals surface area contributed by atoms with Crippen molar-refractivity contribution in [2.24, 2.45) is 11.8 Å². The third-order valence-corrected chi connectivity index (χ3v) is 5.75. The van der Waals surface area contributed by atoms with Crippen molar-refractivity contribution in [1.82, 2.24) is 0 Å². The van der Waals surface area contributed by atoms with Crippen LogP contribution in [0.25, 0.3) is 0 Å². The number of hydrogen-bond acceptors (Lipinski definition) is 1. The first-order chi connectivity index (χ1) is 11.4. The van der Waals surface area contributed by atoms with E-state index in [1.807, 2.05) is 20.8 Å². The lowest BCUT2D eigenvalue weighted by atomic mass is 9.70. The van der Waals surface area contributed by atoms with Crippen molar-refractivity contribution in [3.63, 3.8) is 0 Å². The Labute approximate surface area is 143 Å². The highest BCUT2D eigenvalue weighted by Crippen LogP contribution is 2.43. The molecule has 23 heavy (non-hydrogen) atoms. The number of ether oxygens (including phenoxy) is 1. The summed E-state index contributed by atoms with van der Waals surface area (Å²) in [6, 6.07) is 8.87. The molecule has 0 N–H and O–H groups in total. The van der Waals surface area contributed by atoms with Crippen molar-refractivity contribution in [1.29, 1.82) is 0 Å². The summed E-state index contributed by atoms with van der Waals surface area (Å²) in [5.41, 5.74) is 1.53. The topological polar surface area (TPSA) is 9.23 Å². The van der Waals surface area contributed by atoms with E-state index in [2.05, 4.69) is 24.3 Å². The van der Waals surface area contributed by atoms with Crippen LogP contribution in [0.5, 0.6) is 5.75 Å². The maximum absolute atomic E-state index is 5.54. The zero-order chi connectivity index (χ0) is 16.5. The first kappa shape index (κ1) is 18.4. The van der Waals surface area contributed by atoms with Crippen molar-refractivity contribution >= 4 is 0 Å². The fourth-order valence-corrected chi connectivity index (χ4v) is 4.53. The SMILES string of the molecule is CC.CCOc1ccc(C2CCC(C3CCCCC3)CC2)cc1. The Morgan fingerprint density at radius 2 is 1.35 bits per heavy atom. The molecule has 0 unspecified atom stereocenters. The average Bonchev–Trinajstić information content (AvgIpc) is 2.65. The quantitative estimate of drug-likeness (QED) is 0.583. The fraction of sp³-hybridized carbons (Fsp3) is 0.727. The number of benzene rings is 1. The summed E-state index contributed by atoms with van der Waals surface area (Å²) < 4.78 is 5.54. The zero-order valence-electron chi connectivity index (χ0n) is 15.5. The van der Waals surface area contributed by atoms with Gasteiger partial charge in [-0.25, -0.2) is 0 Å². The standard InChI is InChI=1S/C20H30O.C2H6/c1-2-21-20-14-12-19(13-15-20)18-10-8-17(9-11-18)16-6-4-3-5-7-16;1-2/h12-18H,2-11H2,1H3;1-2H3. The first-order valence-electron chi connectivity index (χ1n) is 10.1. The van der Waals surface area contributed by atoms with Crippen LogP contribution in [0, 0.1) is 11.8 Å². The van der Waals surface area contributed by atoms with E-state index >= 15 is 0 Å². The minimum atomic E-state index is 0.756. The number of rotatable bonds is 4. The fourth-order valence-electron chi connectivity index (χ4n) is 4.53. The van der Waals surface area contributed by atoms with Crippen LogP contribution in [0.1, 0.15) is 90.0 Å². The predicted octanol–water partition coefficient (Wildman–Crippen LogP) is 6.97. The lowest BCUT2D eigenvalue weighted by Gasteiger charge is -2.36. The molecule has 130 valence electrons. The van der Waals surface area contributed by atoms with Gasteiger partial charge in [-0.1, -0.05) is 58.1 Å². The van der Waals surface area contributed by atoms with Crippen molar-refractivity contribution in [2.45, 2.75) is 84.5 Å². The lowest BCUT2D eigenvalue weighted by Crippen LogP contribution is -2.23. The maximum atomic E-state index is 5.54. The monoisotopic (exact) mass is 316 g/mol. The summed E-state index contributed by atoms with van der Waals surface area (Å²) in [5.74, 6) is 3.89. The largest absolute Gasteiger partial charge is 0.494 e. The molecule has 2 aliphatic rings. The molecule has 0 saturated heterocycles. The first-order valence-corrected chi connectivity index (χ1v) is 10.1. The van der Waals surface area contributed by atoms with Gasteiger partial charge >= 0.3 is 0 Å². The van der Waals surface area contributed by atoms with Crippen molar-refractivity contribution < 1.29 is 4.74 Å². The summed E-state index contributed by atoms with van der Waals surface area (Å²) in [7, 11) is 0. The van der Waals surface area contributed by atoms with Crippen LogP contribution in [0.3, 0.4) is 0 Å². The minimum absolute atomic E-state index is 0.756. The molecular formula is C22H36O. The Morgan fingerprint density at radius 1 is 0.783 bits per heavy atom. The molecule has 0 radical (unpaired) electrons. The second kappa shape index (κ2) is 10.0. The van der Waals surface area contributed by atoms with Gasteiger partial charge in [0.1, 0.15) is 5.75 Å². The highest BCUT2D eigenvalue weighted by Gasteiger charge is 2.28. The Bertz CT molecular complexity index is 408. The summed E-state index contributed by atoms with van der Waals surface area (Å²) in [6.07, 6.45) is 13.2. The van der Waals surface area contributed by atoms with Crippen molar-refractivity contribution in [2.75, 3.05) is 6.61 Å². The summed E-state index contributed by atoms with van der Waals surface area (Å²) in [6.45, 7) is 6.80. The van der Waals surface area contributed by atoms with Gasteiger partial charge in [-0.2, -0.15) is 0 Å². The van der Waals surface area contributed by atoms with Gasteiger partial charge in [0, 0.05) is 0 Å². The van der Waals surface area contributed by atoms with Gasteiger partial charge < -0.3 is 4.74 Å². The van der Waals surface area contributed by atoms with E-state index in [-0.39, 0.29) is 0 Å². The number of hydrogen-bond donors (Lipinski definition) is 0. The minimum Gasteiger partial charge on any atom is -0.494 e. The second-order valence-electron chi connectivity index (χ2n) is 7.01. The molecule has 0 aliphatic heterocycles. The molecule has 2 saturated carbocycles. The van der Waals surface area contributed by atoms with Crippen LogP contribution in [0.2, 0.25) is 0 Å². The summed E-state index contributed by atoms with van der Waals surface area (Å²) >= 11 is 0. The maximum Gasteiger partial charge on any atom is 0.119 e. The van der Waals surface area contributed by atoms with E-state index in [0.717, 1.165) is 30.1 Å². The van der Waals surface area contributed by atoms with Crippen LogP contribution in [0.15, 0.2) is 24.3 Å². The summed E-state index contributed by atoms with van der Waals surface area (Å²) in [5, 5.41) is 0. The molecule has 1 aromatic carbocycles. The lowest BCUT2D eigenvalue weighted by molar-refractivity contribution is 0.186. The normalized spacial score (nSPS) is 25.3. The Morgan fingerprint density at radius 3 is 1.91 bits per heavy atom. The van der Waals surface area contributed by atoms with E-state index in [4.69, 9.17) is 4.74 Å². The highest BCUT2D eigenvalue weighted by molar-refractivity contribution is 5.29. The van der Waals surface area contributed by atoms with Gasteiger partial charge in [-0.3, -0.25) is 0 Å². The molecule has 0 heterocycles. The van der Waals surface area contributed by atoms with Crippen molar-refractivity contribution in [3.05, 3.63) is 29.8 Å². The van der Waals surface area contributed by atoms with Crippen LogP contribution in [-0.4, -0.2) is 6.61 Å². The molecule has 0 bridgehead atoms. The molecule has 3 rings (SSSR count). The van der Waals surface area contributed by atoms with E-state index in [0.29, 0.717) is 0 Å². The molecule has 0 spiro atoms. The van der Waals surface area contributed by atoms with Gasteiger partial charge in [0.15, 0.2) is 0 Å². The van der Waals surface area contributed by atoms with Crippen LogP contribution in [-0.2, 0) is 0 Å². The molecule has 0 atom stereocenters. The Kier molecular flexibility index (Phi) is 7.99. The molecule has 0 amide bonds. The van der Waals surface area contributed by atoms with Crippen LogP contribution < -0.4 is 4.74 Å². The molecule has 0 aromatic heterocycles. The van der Waals surface area contributed by atoms with Gasteiger partial charge in [0.05, 0.1) is 6.61 Å². The molecule has 1 nitrogen and oxygen atoms in total. The summed E-state index contributed by atoms with van der Waals surface area (Å²) in [4.78, 5) is 0. The predicted molar refractivity (Wildman–Crippen MR) is 100 cm³/mol. The van der Waals surface area contributed by atoms with Crippen molar-refractivity contribution in [3.8, 4) is 5.75 Å². The average molecular weight is 317 g/mol. The van der Waals surface area contributed by atoms with E-state index in [1.54, 1.807) is 0 Å². The molecule has 2 aliphatic carbocycles. The Balaban J connectivity index is 0.000000924.